The van der Waals surface area contributed by atoms with E-state index in [2.05, 4.69) is 6.07 Å². The fraction of sp³-hybridized carbons (Fsp3) is 0.562. The number of ether oxygens (including phenoxy) is 1. The van der Waals surface area contributed by atoms with Crippen molar-refractivity contribution >= 4 is 9.84 Å². The number of hydrogen-bond donors (Lipinski definition) is 1. The Kier molecular flexibility index (Phi) is 4.24. The van der Waals surface area contributed by atoms with Crippen molar-refractivity contribution in [2.45, 2.75) is 55.0 Å². The first-order valence-corrected chi connectivity index (χ1v) is 9.25. The van der Waals surface area contributed by atoms with E-state index in [0.29, 0.717) is 18.9 Å². The van der Waals surface area contributed by atoms with Crippen LogP contribution in [0.1, 0.15) is 37.0 Å². The molecule has 0 saturated heterocycles. The highest BCUT2D eigenvalue weighted by atomic mass is 32.2. The van der Waals surface area contributed by atoms with Crippen LogP contribution < -0.4 is 4.74 Å². The van der Waals surface area contributed by atoms with E-state index in [1.54, 1.807) is 6.92 Å². The van der Waals surface area contributed by atoms with Crippen LogP contribution in [0.4, 0.5) is 17.6 Å². The highest BCUT2D eigenvalue weighted by Gasteiger charge is 2.51. The molecule has 1 aromatic carbocycles. The molecule has 0 aliphatic heterocycles. The Morgan fingerprint density at radius 1 is 1.35 bits per heavy atom. The van der Waals surface area contributed by atoms with E-state index in [4.69, 9.17) is 10.00 Å². The standard InChI is InChI=1S/C16H15F4NO4S/c1-15(7-21)5-8(6-15)25-11-2-3-12(26(23,24)16(18,19)20)13-9(11)4-10(17)14(13)22/h2-3,8,10,14,22H,4-6H2,1H3/t8-,10-,14+,15-/m0/s1. The maximum absolute atomic E-state index is 13.9. The van der Waals surface area contributed by atoms with Crippen molar-refractivity contribution in [3.05, 3.63) is 23.3 Å². The Labute approximate surface area is 147 Å². The van der Waals surface area contributed by atoms with Crippen LogP contribution >= 0.6 is 0 Å². The number of sulfone groups is 1. The molecule has 10 heteroatoms. The molecule has 0 amide bonds. The SMILES string of the molecule is C[C@]1(C#N)C[C@H](Oc2ccc(S(=O)(=O)C(F)(F)F)c3c2C[C@H](F)[C@H]3O)C1. The van der Waals surface area contributed by atoms with Gasteiger partial charge in [0.15, 0.2) is 0 Å². The lowest BCUT2D eigenvalue weighted by Gasteiger charge is -2.39. The third kappa shape index (κ3) is 2.83. The number of alkyl halides is 4. The normalized spacial score (nSPS) is 31.0. The van der Waals surface area contributed by atoms with Gasteiger partial charge in [-0.05, 0) is 19.1 Å². The first kappa shape index (κ1) is 18.9. The summed E-state index contributed by atoms with van der Waals surface area (Å²) in [6, 6.07) is 3.85. The third-order valence-electron chi connectivity index (χ3n) is 4.83. The summed E-state index contributed by atoms with van der Waals surface area (Å²) in [5, 5.41) is 18.9. The van der Waals surface area contributed by atoms with Crippen LogP contribution in [-0.2, 0) is 16.3 Å². The minimum Gasteiger partial charge on any atom is -0.490 e. The highest BCUT2D eigenvalue weighted by Crippen LogP contribution is 2.47. The average Bonchev–Trinajstić information content (AvgIpc) is 2.81. The average molecular weight is 393 g/mol. The van der Waals surface area contributed by atoms with Gasteiger partial charge in [-0.1, -0.05) is 0 Å². The van der Waals surface area contributed by atoms with Gasteiger partial charge in [0.1, 0.15) is 24.1 Å². The first-order valence-electron chi connectivity index (χ1n) is 7.77. The number of nitriles is 1. The molecule has 0 spiro atoms. The van der Waals surface area contributed by atoms with Gasteiger partial charge >= 0.3 is 5.51 Å². The number of hydrogen-bond acceptors (Lipinski definition) is 5. The molecule has 0 heterocycles. The summed E-state index contributed by atoms with van der Waals surface area (Å²) >= 11 is 0. The lowest BCUT2D eigenvalue weighted by atomic mass is 9.69. The number of nitrogens with zero attached hydrogens (tertiary/aromatic N) is 1. The van der Waals surface area contributed by atoms with Gasteiger partial charge < -0.3 is 9.84 Å². The molecule has 1 N–H and O–H groups in total. The Bertz CT molecular complexity index is 885. The molecular formula is C16H15F4NO4S. The fourth-order valence-corrected chi connectivity index (χ4v) is 4.44. The van der Waals surface area contributed by atoms with Crippen LogP contribution in [0, 0.1) is 16.7 Å². The van der Waals surface area contributed by atoms with E-state index in [0.717, 1.165) is 6.07 Å². The minimum absolute atomic E-state index is 0.0327. The number of benzene rings is 1. The van der Waals surface area contributed by atoms with Crippen molar-refractivity contribution in [1.29, 1.82) is 5.26 Å². The van der Waals surface area contributed by atoms with Crippen LogP contribution in [0.15, 0.2) is 17.0 Å². The van der Waals surface area contributed by atoms with E-state index >= 15 is 0 Å². The van der Waals surface area contributed by atoms with Crippen molar-refractivity contribution in [3.63, 3.8) is 0 Å². The quantitative estimate of drug-likeness (QED) is 0.798. The summed E-state index contributed by atoms with van der Waals surface area (Å²) in [4.78, 5) is -1.16. The monoisotopic (exact) mass is 393 g/mol. The Balaban J connectivity index is 2.01. The lowest BCUT2D eigenvalue weighted by molar-refractivity contribution is -0.0437. The second kappa shape index (κ2) is 5.82. The summed E-state index contributed by atoms with van der Waals surface area (Å²) < 4.78 is 81.7. The molecule has 2 aliphatic rings. The fourth-order valence-electron chi connectivity index (χ4n) is 3.41. The highest BCUT2D eigenvalue weighted by molar-refractivity contribution is 7.92. The molecule has 0 unspecified atom stereocenters. The molecule has 0 aromatic heterocycles. The van der Waals surface area contributed by atoms with Gasteiger partial charge in [-0.3, -0.25) is 0 Å². The van der Waals surface area contributed by atoms with Crippen LogP contribution in [0.5, 0.6) is 5.75 Å². The zero-order chi connectivity index (χ0) is 19.5. The largest absolute Gasteiger partial charge is 0.501 e. The van der Waals surface area contributed by atoms with Gasteiger partial charge in [-0.2, -0.15) is 18.4 Å². The summed E-state index contributed by atoms with van der Waals surface area (Å²) in [5.74, 6) is 0.0327. The molecule has 2 aliphatic carbocycles. The second-order valence-electron chi connectivity index (χ2n) is 6.89. The zero-order valence-electron chi connectivity index (χ0n) is 13.5. The van der Waals surface area contributed by atoms with Crippen molar-refractivity contribution < 1.29 is 35.8 Å². The van der Waals surface area contributed by atoms with Gasteiger partial charge in [0, 0.05) is 30.4 Å². The van der Waals surface area contributed by atoms with Crippen molar-refractivity contribution in [1.82, 2.24) is 0 Å². The summed E-state index contributed by atoms with van der Waals surface area (Å²) in [7, 11) is -5.74. The molecule has 1 fully saturated rings. The van der Waals surface area contributed by atoms with Gasteiger partial charge in [-0.25, -0.2) is 12.8 Å². The zero-order valence-corrected chi connectivity index (χ0v) is 14.4. The third-order valence-corrected chi connectivity index (χ3v) is 6.37. The number of fused-ring (bicyclic) bond motifs is 1. The van der Waals surface area contributed by atoms with Crippen LogP contribution in [0.2, 0.25) is 0 Å². The molecule has 3 rings (SSSR count). The predicted octanol–water partition coefficient (Wildman–Crippen LogP) is 2.98. The van der Waals surface area contributed by atoms with Crippen molar-refractivity contribution in [2.75, 3.05) is 0 Å². The van der Waals surface area contributed by atoms with Crippen molar-refractivity contribution in [2.24, 2.45) is 5.41 Å². The van der Waals surface area contributed by atoms with Crippen LogP contribution in [0.3, 0.4) is 0 Å². The van der Waals surface area contributed by atoms with Crippen molar-refractivity contribution in [3.8, 4) is 11.8 Å². The Morgan fingerprint density at radius 2 is 1.96 bits per heavy atom. The lowest BCUT2D eigenvalue weighted by Crippen LogP contribution is -2.41. The molecule has 142 valence electrons. The van der Waals surface area contributed by atoms with Gasteiger partial charge in [0.2, 0.25) is 0 Å². The Hall–Kier alpha value is -1.86. The van der Waals surface area contributed by atoms with Crippen LogP contribution in [-0.4, -0.2) is 31.3 Å². The summed E-state index contributed by atoms with van der Waals surface area (Å²) in [6.45, 7) is 1.73. The maximum Gasteiger partial charge on any atom is 0.501 e. The smallest absolute Gasteiger partial charge is 0.490 e. The van der Waals surface area contributed by atoms with E-state index in [-0.39, 0.29) is 17.4 Å². The number of aliphatic hydroxyl groups is 1. The molecule has 5 nitrogen and oxygen atoms in total. The van der Waals surface area contributed by atoms with E-state index < -0.39 is 49.9 Å². The molecular weight excluding hydrogens is 378 g/mol. The van der Waals surface area contributed by atoms with Gasteiger partial charge in [0.05, 0.1) is 16.4 Å². The molecule has 1 aromatic rings. The number of rotatable bonds is 3. The second-order valence-corrected chi connectivity index (χ2v) is 8.80. The molecule has 2 atom stereocenters. The van der Waals surface area contributed by atoms with Gasteiger partial charge in [-0.15, -0.1) is 0 Å². The first-order chi connectivity index (χ1) is 11.9. The van der Waals surface area contributed by atoms with Gasteiger partial charge in [0.25, 0.3) is 9.84 Å². The predicted molar refractivity (Wildman–Crippen MR) is 80.6 cm³/mol. The summed E-state index contributed by atoms with van der Waals surface area (Å²) in [6.07, 6.45) is -3.96. The van der Waals surface area contributed by atoms with E-state index in [1.165, 1.54) is 0 Å². The summed E-state index contributed by atoms with van der Waals surface area (Å²) in [5.41, 5.74) is -6.81. The van der Waals surface area contributed by atoms with Crippen LogP contribution in [0.25, 0.3) is 0 Å². The molecule has 1 saturated carbocycles. The molecule has 26 heavy (non-hydrogen) atoms. The number of aliphatic hydroxyl groups excluding tert-OH is 1. The van der Waals surface area contributed by atoms with E-state index in [1.807, 2.05) is 0 Å². The topological polar surface area (TPSA) is 87.4 Å². The minimum atomic E-state index is -5.74. The molecule has 0 bridgehead atoms. The Morgan fingerprint density at radius 3 is 2.50 bits per heavy atom. The number of halogens is 4. The molecule has 0 radical (unpaired) electrons. The van der Waals surface area contributed by atoms with E-state index in [9.17, 15) is 31.1 Å². The maximum atomic E-state index is 13.9.